The lowest BCUT2D eigenvalue weighted by Crippen LogP contribution is -2.14. The molecule has 0 spiro atoms. The quantitative estimate of drug-likeness (QED) is 0.897. The third-order valence-electron chi connectivity index (χ3n) is 2.82. The van der Waals surface area contributed by atoms with E-state index in [0.29, 0.717) is 17.9 Å². The topological polar surface area (TPSA) is 78.9 Å². The minimum atomic E-state index is -0.119. The molecule has 0 saturated carbocycles. The number of hydrogen-bond donors (Lipinski definition) is 1. The zero-order valence-corrected chi connectivity index (χ0v) is 11.2. The zero-order valence-electron chi connectivity index (χ0n) is 11.2. The number of nitrogens with two attached hydrogens (primary N) is 1. The van der Waals surface area contributed by atoms with Crippen LogP contribution in [0.2, 0.25) is 0 Å². The van der Waals surface area contributed by atoms with Gasteiger partial charge in [0.15, 0.2) is 17.0 Å². The lowest BCUT2D eigenvalue weighted by atomic mass is 10.2. The van der Waals surface area contributed by atoms with Crippen LogP contribution >= 0.6 is 0 Å². The number of imidazole rings is 1. The summed E-state index contributed by atoms with van der Waals surface area (Å²) < 4.78 is 7.63. The highest BCUT2D eigenvalue weighted by Gasteiger charge is 2.20. The molecule has 1 unspecified atom stereocenters. The molecule has 6 nitrogen and oxygen atoms in total. The van der Waals surface area contributed by atoms with Crippen molar-refractivity contribution in [3.63, 3.8) is 0 Å². The van der Waals surface area contributed by atoms with Crippen molar-refractivity contribution in [2.75, 3.05) is 12.3 Å². The van der Waals surface area contributed by atoms with Crippen LogP contribution in [0.15, 0.2) is 6.33 Å². The summed E-state index contributed by atoms with van der Waals surface area (Å²) >= 11 is 0. The van der Waals surface area contributed by atoms with E-state index >= 15 is 0 Å². The van der Waals surface area contributed by atoms with Gasteiger partial charge in [0.1, 0.15) is 18.4 Å². The molecule has 6 heteroatoms. The molecule has 2 aromatic heterocycles. The highest BCUT2D eigenvalue weighted by atomic mass is 16.5. The summed E-state index contributed by atoms with van der Waals surface area (Å²) in [5, 5.41) is 0. The maximum absolute atomic E-state index is 5.84. The molecule has 18 heavy (non-hydrogen) atoms. The fraction of sp³-hybridized carbons (Fsp3) is 0.583. The summed E-state index contributed by atoms with van der Waals surface area (Å²) in [6, 6.07) is 0. The minimum absolute atomic E-state index is 0.119. The Morgan fingerprint density at radius 1 is 1.33 bits per heavy atom. The van der Waals surface area contributed by atoms with Crippen LogP contribution < -0.4 is 5.73 Å². The number of nitrogen functional groups attached to an aromatic ring is 1. The molecule has 0 bridgehead atoms. The largest absolute Gasteiger partial charge is 0.382 e. The Kier molecular flexibility index (Phi) is 3.47. The molecule has 2 N–H and O–H groups in total. The van der Waals surface area contributed by atoms with Crippen molar-refractivity contribution in [3.8, 4) is 0 Å². The fourth-order valence-electron chi connectivity index (χ4n) is 2.02. The molecule has 0 aliphatic heterocycles. The second-order valence-electron chi connectivity index (χ2n) is 4.48. The second-order valence-corrected chi connectivity index (χ2v) is 4.48. The highest BCUT2D eigenvalue weighted by Crippen LogP contribution is 2.26. The molecule has 0 fully saturated rings. The molecule has 98 valence electrons. The number of fused-ring (bicyclic) bond motifs is 1. The van der Waals surface area contributed by atoms with Gasteiger partial charge in [0, 0.05) is 12.5 Å². The molecule has 0 amide bonds. The van der Waals surface area contributed by atoms with Crippen molar-refractivity contribution >= 4 is 17.0 Å². The van der Waals surface area contributed by atoms with Crippen molar-refractivity contribution in [1.29, 1.82) is 0 Å². The first-order valence-corrected chi connectivity index (χ1v) is 6.16. The summed E-state index contributed by atoms with van der Waals surface area (Å²) in [4.78, 5) is 12.8. The van der Waals surface area contributed by atoms with Gasteiger partial charge in [-0.3, -0.25) is 4.57 Å². The van der Waals surface area contributed by atoms with E-state index in [1.54, 1.807) is 0 Å². The van der Waals surface area contributed by atoms with E-state index in [9.17, 15) is 0 Å². The Hall–Kier alpha value is -1.69. The van der Waals surface area contributed by atoms with Gasteiger partial charge >= 0.3 is 0 Å². The summed E-state index contributed by atoms with van der Waals surface area (Å²) in [6.07, 6.45) is 1.34. The van der Waals surface area contributed by atoms with Crippen molar-refractivity contribution < 1.29 is 4.74 Å². The van der Waals surface area contributed by atoms with Crippen LogP contribution in [0.25, 0.3) is 11.2 Å². The van der Waals surface area contributed by atoms with Crippen LogP contribution in [0.4, 0.5) is 5.82 Å². The van der Waals surface area contributed by atoms with E-state index in [0.717, 1.165) is 11.5 Å². The van der Waals surface area contributed by atoms with Gasteiger partial charge in [0.2, 0.25) is 0 Å². The fourth-order valence-corrected chi connectivity index (χ4v) is 2.02. The van der Waals surface area contributed by atoms with Gasteiger partial charge in [0.05, 0.1) is 0 Å². The van der Waals surface area contributed by atoms with Gasteiger partial charge < -0.3 is 10.5 Å². The summed E-state index contributed by atoms with van der Waals surface area (Å²) in [6.45, 7) is 8.75. The first-order chi connectivity index (χ1) is 8.56. The SMILES string of the molecule is CCOC(C)n1c(C(C)C)nc2c(N)ncnc21. The van der Waals surface area contributed by atoms with Crippen molar-refractivity contribution in [1.82, 2.24) is 19.5 Å². The average Bonchev–Trinajstić information content (AvgIpc) is 2.70. The number of ether oxygens (including phenoxy) is 1. The number of anilines is 1. The summed E-state index contributed by atoms with van der Waals surface area (Å²) in [5.74, 6) is 1.59. The predicted octanol–water partition coefficient (Wildman–Crippen LogP) is 2.09. The highest BCUT2D eigenvalue weighted by molar-refractivity contribution is 5.82. The van der Waals surface area contributed by atoms with Gasteiger partial charge in [-0.2, -0.15) is 0 Å². The van der Waals surface area contributed by atoms with Crippen LogP contribution in [0.3, 0.4) is 0 Å². The molecule has 1 atom stereocenters. The third kappa shape index (κ3) is 2.03. The molecule has 0 aliphatic rings. The van der Waals surface area contributed by atoms with Gasteiger partial charge in [-0.1, -0.05) is 13.8 Å². The van der Waals surface area contributed by atoms with Gasteiger partial charge in [-0.15, -0.1) is 0 Å². The van der Waals surface area contributed by atoms with Gasteiger partial charge in [-0.05, 0) is 13.8 Å². The smallest absolute Gasteiger partial charge is 0.167 e. The maximum atomic E-state index is 5.84. The summed E-state index contributed by atoms with van der Waals surface area (Å²) in [7, 11) is 0. The molecule has 2 aromatic rings. The van der Waals surface area contributed by atoms with E-state index in [2.05, 4.69) is 28.8 Å². The minimum Gasteiger partial charge on any atom is -0.382 e. The van der Waals surface area contributed by atoms with E-state index in [-0.39, 0.29) is 12.1 Å². The Balaban J connectivity index is 2.66. The molecule has 2 rings (SSSR count). The molecular formula is C12H19N5O. The monoisotopic (exact) mass is 249 g/mol. The Bertz CT molecular complexity index is 549. The van der Waals surface area contributed by atoms with E-state index in [1.165, 1.54) is 6.33 Å². The van der Waals surface area contributed by atoms with Gasteiger partial charge in [-0.25, -0.2) is 15.0 Å². The maximum Gasteiger partial charge on any atom is 0.167 e. The van der Waals surface area contributed by atoms with Crippen molar-refractivity contribution in [3.05, 3.63) is 12.2 Å². The molecular weight excluding hydrogens is 230 g/mol. The lowest BCUT2D eigenvalue weighted by Gasteiger charge is -2.18. The van der Waals surface area contributed by atoms with Crippen LogP contribution in [-0.2, 0) is 4.74 Å². The number of rotatable bonds is 4. The van der Waals surface area contributed by atoms with Crippen LogP contribution in [0.1, 0.15) is 45.7 Å². The van der Waals surface area contributed by atoms with Crippen LogP contribution in [-0.4, -0.2) is 26.1 Å². The van der Waals surface area contributed by atoms with Crippen molar-refractivity contribution in [2.45, 2.75) is 39.8 Å². The zero-order chi connectivity index (χ0) is 13.3. The van der Waals surface area contributed by atoms with Crippen LogP contribution in [0.5, 0.6) is 0 Å². The number of hydrogen-bond acceptors (Lipinski definition) is 5. The molecule has 0 aromatic carbocycles. The first kappa shape index (κ1) is 12.8. The normalized spacial score (nSPS) is 13.4. The molecule has 0 radical (unpaired) electrons. The standard InChI is InChI=1S/C12H19N5O/c1-5-18-8(4)17-11(7(2)3)16-9-10(13)14-6-15-12(9)17/h6-8H,5H2,1-4H3,(H2,13,14,15). The molecule has 0 saturated heterocycles. The number of nitrogens with zero attached hydrogens (tertiary/aromatic N) is 4. The Morgan fingerprint density at radius 2 is 2.06 bits per heavy atom. The van der Waals surface area contributed by atoms with E-state index in [1.807, 2.05) is 18.4 Å². The summed E-state index contributed by atoms with van der Waals surface area (Å²) in [5.41, 5.74) is 7.22. The average molecular weight is 249 g/mol. The Labute approximate surface area is 106 Å². The Morgan fingerprint density at radius 3 is 2.67 bits per heavy atom. The second kappa shape index (κ2) is 4.89. The molecule has 0 aliphatic carbocycles. The first-order valence-electron chi connectivity index (χ1n) is 6.16. The van der Waals surface area contributed by atoms with Crippen LogP contribution in [0, 0.1) is 0 Å². The predicted molar refractivity (Wildman–Crippen MR) is 70.2 cm³/mol. The lowest BCUT2D eigenvalue weighted by molar-refractivity contribution is 0.0249. The van der Waals surface area contributed by atoms with E-state index in [4.69, 9.17) is 10.5 Å². The third-order valence-corrected chi connectivity index (χ3v) is 2.82. The number of aromatic nitrogens is 4. The van der Waals surface area contributed by atoms with Crippen molar-refractivity contribution in [2.24, 2.45) is 0 Å². The van der Waals surface area contributed by atoms with Gasteiger partial charge in [0.25, 0.3) is 0 Å². The van der Waals surface area contributed by atoms with E-state index < -0.39 is 0 Å². The molecule has 2 heterocycles.